The third kappa shape index (κ3) is 9.29. The average Bonchev–Trinajstić information content (AvgIpc) is 3.11. The minimum atomic E-state index is -1.27. The van der Waals surface area contributed by atoms with Gasteiger partial charge in [0.05, 0.1) is 38.1 Å². The highest BCUT2D eigenvalue weighted by molar-refractivity contribution is 5.98. The third-order valence-corrected chi connectivity index (χ3v) is 9.74. The van der Waals surface area contributed by atoms with E-state index in [9.17, 15) is 19.8 Å². The molecule has 3 saturated heterocycles. The van der Waals surface area contributed by atoms with E-state index >= 15 is 0 Å². The maximum atomic E-state index is 14.1. The molecule has 3 aliphatic rings. The van der Waals surface area contributed by atoms with Crippen LogP contribution in [0.3, 0.4) is 0 Å². The first-order valence-corrected chi connectivity index (χ1v) is 17.8. The summed E-state index contributed by atoms with van der Waals surface area (Å²) in [7, 11) is 0. The van der Waals surface area contributed by atoms with Crippen LogP contribution in [0.5, 0.6) is 0 Å². The quantitative estimate of drug-likeness (QED) is 0.165. The lowest BCUT2D eigenvalue weighted by Gasteiger charge is -2.49. The Balaban J connectivity index is 1.30. The summed E-state index contributed by atoms with van der Waals surface area (Å²) in [5.41, 5.74) is 1.21. The van der Waals surface area contributed by atoms with Crippen molar-refractivity contribution in [3.8, 4) is 0 Å². The van der Waals surface area contributed by atoms with Crippen LogP contribution < -0.4 is 5.32 Å². The minimum absolute atomic E-state index is 0.120. The van der Waals surface area contributed by atoms with Gasteiger partial charge < -0.3 is 39.2 Å². The van der Waals surface area contributed by atoms with Crippen LogP contribution in [-0.2, 0) is 28.5 Å². The van der Waals surface area contributed by atoms with Crippen LogP contribution in [-0.4, -0.2) is 84.6 Å². The van der Waals surface area contributed by atoms with Crippen LogP contribution in [0.4, 0.5) is 0 Å². The molecule has 0 saturated carbocycles. The second-order valence-corrected chi connectivity index (χ2v) is 13.4. The zero-order valence-electron chi connectivity index (χ0n) is 28.3. The monoisotopic (exact) mass is 667 g/mol. The Kier molecular flexibility index (Phi) is 14.0. The van der Waals surface area contributed by atoms with Crippen molar-refractivity contribution in [3.05, 3.63) is 71.8 Å². The summed E-state index contributed by atoms with van der Waals surface area (Å²) >= 11 is 0. The minimum Gasteiger partial charge on any atom is -0.394 e. The number of carbonyl (C=O) groups is 2. The van der Waals surface area contributed by atoms with Gasteiger partial charge in [0.15, 0.2) is 18.4 Å². The lowest BCUT2D eigenvalue weighted by atomic mass is 9.84. The van der Waals surface area contributed by atoms with E-state index in [0.29, 0.717) is 12.0 Å². The van der Waals surface area contributed by atoms with Gasteiger partial charge in [0, 0.05) is 23.5 Å². The molecule has 264 valence electrons. The molecule has 3 aliphatic heterocycles. The molecule has 0 radical (unpaired) electrons. The molecule has 3 fully saturated rings. The Morgan fingerprint density at radius 1 is 0.875 bits per heavy atom. The van der Waals surface area contributed by atoms with Gasteiger partial charge in [-0.15, -0.1) is 0 Å². The summed E-state index contributed by atoms with van der Waals surface area (Å²) in [5, 5.41) is 25.1. The summed E-state index contributed by atoms with van der Waals surface area (Å²) < 4.78 is 31.2. The molecule has 3 heterocycles. The largest absolute Gasteiger partial charge is 0.394 e. The predicted octanol–water partition coefficient (Wildman–Crippen LogP) is 5.11. The summed E-state index contributed by atoms with van der Waals surface area (Å²) in [6.45, 7) is 4.23. The number of rotatable bonds is 16. The number of fused-ring (bicyclic) bond motifs is 1. The van der Waals surface area contributed by atoms with Crippen molar-refractivity contribution < 1.29 is 43.5 Å². The van der Waals surface area contributed by atoms with E-state index in [-0.39, 0.29) is 37.4 Å². The van der Waals surface area contributed by atoms with Crippen molar-refractivity contribution >= 4 is 11.7 Å². The second-order valence-electron chi connectivity index (χ2n) is 13.4. The third-order valence-electron chi connectivity index (χ3n) is 9.74. The highest BCUT2D eigenvalue weighted by Gasteiger charge is 2.54. The zero-order chi connectivity index (χ0) is 33.9. The Morgan fingerprint density at radius 3 is 2.23 bits per heavy atom. The van der Waals surface area contributed by atoms with E-state index < -0.39 is 55.1 Å². The molecule has 2 aromatic carbocycles. The van der Waals surface area contributed by atoms with Crippen LogP contribution in [0.15, 0.2) is 60.7 Å². The van der Waals surface area contributed by atoms with Gasteiger partial charge in [-0.1, -0.05) is 119 Å². The van der Waals surface area contributed by atoms with E-state index in [2.05, 4.69) is 12.2 Å². The van der Waals surface area contributed by atoms with Crippen LogP contribution in [0.2, 0.25) is 0 Å². The number of hydrogen-bond acceptors (Lipinski definition) is 9. The van der Waals surface area contributed by atoms with Gasteiger partial charge in [0.1, 0.15) is 24.2 Å². The van der Waals surface area contributed by atoms with Gasteiger partial charge in [0.25, 0.3) is 0 Å². The molecule has 10 atom stereocenters. The lowest BCUT2D eigenvalue weighted by Crippen LogP contribution is -2.65. The molecule has 3 N–H and O–H groups in total. The number of aliphatic hydroxyl groups is 2. The number of nitrogens with one attached hydrogen (secondary N) is 1. The Labute approximate surface area is 284 Å². The van der Waals surface area contributed by atoms with E-state index in [1.807, 2.05) is 43.3 Å². The Morgan fingerprint density at radius 2 is 1.54 bits per heavy atom. The van der Waals surface area contributed by atoms with Gasteiger partial charge in [-0.2, -0.15) is 0 Å². The first-order valence-electron chi connectivity index (χ1n) is 17.8. The molecule has 2 aromatic rings. The smallest absolute Gasteiger partial charge is 0.220 e. The molecule has 10 heteroatoms. The first-order chi connectivity index (χ1) is 23.4. The number of Topliss-reactive ketones (excluding diaryl/α,β-unsaturated/α-hetero) is 1. The van der Waals surface area contributed by atoms with Crippen molar-refractivity contribution in [1.29, 1.82) is 0 Å². The normalized spacial score (nSPS) is 31.9. The van der Waals surface area contributed by atoms with Gasteiger partial charge in [0.2, 0.25) is 5.91 Å². The molecule has 5 unspecified atom stereocenters. The lowest BCUT2D eigenvalue weighted by molar-refractivity contribution is -0.357. The highest BCUT2D eigenvalue weighted by Crippen LogP contribution is 2.39. The highest BCUT2D eigenvalue weighted by atomic mass is 16.7. The number of ketones is 1. The van der Waals surface area contributed by atoms with Crippen LogP contribution in [0.1, 0.15) is 93.8 Å². The van der Waals surface area contributed by atoms with Crippen molar-refractivity contribution in [2.45, 2.75) is 121 Å². The van der Waals surface area contributed by atoms with Crippen molar-refractivity contribution in [1.82, 2.24) is 5.32 Å². The second kappa shape index (κ2) is 18.3. The molecular weight excluding hydrogens is 614 g/mol. The fourth-order valence-electron chi connectivity index (χ4n) is 6.99. The van der Waals surface area contributed by atoms with Crippen molar-refractivity contribution in [3.63, 3.8) is 0 Å². The molecule has 0 bridgehead atoms. The SMILES string of the molecule is CCCCCCCCCCC(=O)N[C@H]1C(CO)OCC(C)[C@H]1O[C@@H]1OC2COC(c3ccccc3)O[C@@H]2[C@H](O)C1C(=O)c1ccccc1. The summed E-state index contributed by atoms with van der Waals surface area (Å²) in [5.74, 6) is -1.82. The number of unbranched alkanes of at least 4 members (excludes halogenated alkanes) is 7. The van der Waals surface area contributed by atoms with E-state index in [4.69, 9.17) is 23.7 Å². The van der Waals surface area contributed by atoms with Crippen LogP contribution in [0.25, 0.3) is 0 Å². The van der Waals surface area contributed by atoms with Gasteiger partial charge in [-0.05, 0) is 6.42 Å². The number of hydrogen-bond donors (Lipinski definition) is 3. The van der Waals surface area contributed by atoms with Crippen LogP contribution in [0, 0.1) is 11.8 Å². The molecule has 1 amide bonds. The fourth-order valence-corrected chi connectivity index (χ4v) is 6.99. The molecular formula is C38H53NO9. The molecule has 10 nitrogen and oxygen atoms in total. The number of carbonyl (C=O) groups excluding carboxylic acids is 2. The van der Waals surface area contributed by atoms with Gasteiger partial charge >= 0.3 is 0 Å². The fraction of sp³-hybridized carbons (Fsp3) is 0.632. The zero-order valence-corrected chi connectivity index (χ0v) is 28.3. The molecule has 0 spiro atoms. The maximum absolute atomic E-state index is 14.1. The van der Waals surface area contributed by atoms with Gasteiger partial charge in [-0.25, -0.2) is 0 Å². The predicted molar refractivity (Wildman–Crippen MR) is 179 cm³/mol. The molecule has 5 rings (SSSR count). The van der Waals surface area contributed by atoms with E-state index in [0.717, 1.165) is 24.8 Å². The summed E-state index contributed by atoms with van der Waals surface area (Å²) in [4.78, 5) is 27.2. The van der Waals surface area contributed by atoms with Gasteiger partial charge in [-0.3, -0.25) is 9.59 Å². The molecule has 48 heavy (non-hydrogen) atoms. The number of ether oxygens (including phenoxy) is 5. The number of amides is 1. The van der Waals surface area contributed by atoms with Crippen LogP contribution >= 0.6 is 0 Å². The first kappa shape index (κ1) is 36.6. The molecule has 0 aromatic heterocycles. The Bertz CT molecular complexity index is 1260. The number of benzene rings is 2. The van der Waals surface area contributed by atoms with E-state index in [1.54, 1.807) is 24.3 Å². The van der Waals surface area contributed by atoms with Crippen molar-refractivity contribution in [2.24, 2.45) is 11.8 Å². The topological polar surface area (TPSA) is 133 Å². The summed E-state index contributed by atoms with van der Waals surface area (Å²) in [6.07, 6.45) is 3.29. The standard InChI is InChI=1S/C38H53NO9/c1-3-4-5-6-7-8-9-16-21-30(41)39-32-28(22-40)44-23-25(2)35(32)47-38-31(33(42)26-17-12-10-13-18-26)34(43)36-29(46-38)24-45-37(48-36)27-19-14-11-15-20-27/h10-15,17-20,25,28-29,31-32,34-38,40,43H,3-9,16,21-24H2,1-2H3,(H,39,41)/t25?,28?,29?,31?,32-,34+,35+,36-,37?,38-/m0/s1. The van der Waals surface area contributed by atoms with E-state index in [1.165, 1.54) is 32.1 Å². The summed E-state index contributed by atoms with van der Waals surface area (Å²) in [6, 6.07) is 17.5. The maximum Gasteiger partial charge on any atom is 0.220 e. The molecule has 0 aliphatic carbocycles. The van der Waals surface area contributed by atoms with Crippen molar-refractivity contribution in [2.75, 3.05) is 19.8 Å². The number of aliphatic hydroxyl groups excluding tert-OH is 2. The Hall–Kier alpha value is -2.70. The average molecular weight is 668 g/mol.